The fourth-order valence-electron chi connectivity index (χ4n) is 1.02. The Morgan fingerprint density at radius 1 is 1.08 bits per heavy atom. The van der Waals surface area contributed by atoms with Gasteiger partial charge in [0.2, 0.25) is 0 Å². The molecule has 0 bridgehead atoms. The Morgan fingerprint density at radius 2 is 1.85 bits per heavy atom. The van der Waals surface area contributed by atoms with Gasteiger partial charge in [-0.15, -0.1) is 0 Å². The molecule has 2 nitrogen and oxygen atoms in total. The van der Waals surface area contributed by atoms with Crippen molar-refractivity contribution in [2.75, 3.05) is 0 Å². The van der Waals surface area contributed by atoms with Crippen molar-refractivity contribution in [1.29, 1.82) is 0 Å². The molecule has 2 aromatic heterocycles. The molecule has 5 heteroatoms. The third-order valence-corrected chi connectivity index (χ3v) is 2.22. The third-order valence-electron chi connectivity index (χ3n) is 1.53. The predicted octanol–water partition coefficient (Wildman–Crippen LogP) is 3.59. The zero-order chi connectivity index (χ0) is 9.42. The Bertz CT molecular complexity index is 465. The van der Waals surface area contributed by atoms with E-state index in [2.05, 4.69) is 9.97 Å². The lowest BCUT2D eigenvalue weighted by Crippen LogP contribution is -1.84. The molecule has 0 fully saturated rings. The molecule has 0 aliphatic heterocycles. The van der Waals surface area contributed by atoms with Crippen molar-refractivity contribution in [3.8, 4) is 0 Å². The van der Waals surface area contributed by atoms with Crippen molar-refractivity contribution in [2.45, 2.75) is 0 Å². The molecule has 2 rings (SSSR count). The van der Waals surface area contributed by atoms with E-state index in [1.54, 1.807) is 12.1 Å². The molecule has 0 aliphatic rings. The largest absolute Gasteiger partial charge is 0.251 e. The highest BCUT2D eigenvalue weighted by Crippen LogP contribution is 2.24. The van der Waals surface area contributed by atoms with Gasteiger partial charge in [-0.05, 0) is 12.1 Å². The van der Waals surface area contributed by atoms with Gasteiger partial charge in [-0.2, -0.15) is 0 Å². The minimum absolute atomic E-state index is 0.335. The molecular formula is C8H3Cl3N2. The molecule has 0 spiro atoms. The Labute approximate surface area is 89.5 Å². The molecule has 2 aromatic rings. The summed E-state index contributed by atoms with van der Waals surface area (Å²) in [5, 5.41) is 1.33. The van der Waals surface area contributed by atoms with Crippen LogP contribution in [-0.4, -0.2) is 9.97 Å². The first kappa shape index (κ1) is 9.00. The number of halogens is 3. The van der Waals surface area contributed by atoms with E-state index in [0.717, 1.165) is 0 Å². The Kier molecular flexibility index (Phi) is 2.28. The van der Waals surface area contributed by atoms with Crippen LogP contribution in [0.3, 0.4) is 0 Å². The van der Waals surface area contributed by atoms with Crippen LogP contribution in [0.2, 0.25) is 15.2 Å². The van der Waals surface area contributed by atoms with E-state index in [1.165, 1.54) is 6.20 Å². The molecule has 0 aliphatic carbocycles. The van der Waals surface area contributed by atoms with Gasteiger partial charge < -0.3 is 0 Å². The van der Waals surface area contributed by atoms with Crippen LogP contribution in [0, 0.1) is 0 Å². The maximum absolute atomic E-state index is 5.88. The Hall–Kier alpha value is -0.570. The Balaban J connectivity index is 2.86. The predicted molar refractivity (Wildman–Crippen MR) is 54.6 cm³/mol. The number of hydrogen-bond donors (Lipinski definition) is 0. The number of fused-ring (bicyclic) bond motifs is 1. The van der Waals surface area contributed by atoms with Crippen LogP contribution in [0.5, 0.6) is 0 Å². The van der Waals surface area contributed by atoms with E-state index >= 15 is 0 Å². The number of rotatable bonds is 0. The summed E-state index contributed by atoms with van der Waals surface area (Å²) in [6.07, 6.45) is 1.52. The minimum atomic E-state index is 0.335. The van der Waals surface area contributed by atoms with Gasteiger partial charge in [0.05, 0.1) is 15.6 Å². The zero-order valence-electron chi connectivity index (χ0n) is 6.26. The van der Waals surface area contributed by atoms with Crippen molar-refractivity contribution in [3.63, 3.8) is 0 Å². The highest BCUT2D eigenvalue weighted by atomic mass is 35.5. The maximum Gasteiger partial charge on any atom is 0.131 e. The molecule has 0 atom stereocenters. The maximum atomic E-state index is 5.88. The summed E-state index contributed by atoms with van der Waals surface area (Å²) >= 11 is 17.3. The van der Waals surface area contributed by atoms with Gasteiger partial charge in [0, 0.05) is 6.20 Å². The molecule has 0 unspecified atom stereocenters. The molecule has 0 saturated carbocycles. The normalized spacial score (nSPS) is 10.7. The molecule has 0 aromatic carbocycles. The van der Waals surface area contributed by atoms with Crippen LogP contribution in [0.1, 0.15) is 0 Å². The van der Waals surface area contributed by atoms with Gasteiger partial charge in [-0.1, -0.05) is 34.8 Å². The average molecular weight is 233 g/mol. The summed E-state index contributed by atoms with van der Waals surface area (Å²) in [7, 11) is 0. The second-order valence-electron chi connectivity index (χ2n) is 2.45. The number of nitrogens with zero attached hydrogens (tertiary/aromatic N) is 2. The molecule has 2 heterocycles. The molecule has 13 heavy (non-hydrogen) atoms. The van der Waals surface area contributed by atoms with Gasteiger partial charge in [0.25, 0.3) is 0 Å². The molecule has 66 valence electrons. The van der Waals surface area contributed by atoms with Gasteiger partial charge in [0.15, 0.2) is 0 Å². The highest BCUT2D eigenvalue weighted by molar-refractivity contribution is 6.37. The third kappa shape index (κ3) is 1.70. The second-order valence-corrected chi connectivity index (χ2v) is 3.68. The van der Waals surface area contributed by atoms with Crippen molar-refractivity contribution >= 4 is 45.8 Å². The lowest BCUT2D eigenvalue weighted by molar-refractivity contribution is 1.34. The first-order valence-electron chi connectivity index (χ1n) is 3.44. The van der Waals surface area contributed by atoms with Crippen molar-refractivity contribution in [3.05, 3.63) is 33.5 Å². The SMILES string of the molecule is Clc1cnc2c(Cl)cc(Cl)nc2c1. The lowest BCUT2D eigenvalue weighted by Gasteiger charge is -1.99. The second kappa shape index (κ2) is 3.29. The van der Waals surface area contributed by atoms with E-state index < -0.39 is 0 Å². The molecule has 0 saturated heterocycles. The van der Waals surface area contributed by atoms with Crippen molar-refractivity contribution in [1.82, 2.24) is 9.97 Å². The first-order chi connectivity index (χ1) is 6.16. The molecule has 0 N–H and O–H groups in total. The Morgan fingerprint density at radius 3 is 2.62 bits per heavy atom. The summed E-state index contributed by atoms with van der Waals surface area (Å²) in [4.78, 5) is 8.07. The van der Waals surface area contributed by atoms with E-state index in [1.807, 2.05) is 0 Å². The topological polar surface area (TPSA) is 25.8 Å². The highest BCUT2D eigenvalue weighted by Gasteiger charge is 2.04. The van der Waals surface area contributed by atoms with Crippen LogP contribution in [0.4, 0.5) is 0 Å². The number of pyridine rings is 2. The number of aromatic nitrogens is 2. The molecular weight excluding hydrogens is 230 g/mol. The summed E-state index contributed by atoms with van der Waals surface area (Å²) in [6.45, 7) is 0. The van der Waals surface area contributed by atoms with Crippen LogP contribution >= 0.6 is 34.8 Å². The van der Waals surface area contributed by atoms with Crippen LogP contribution in [-0.2, 0) is 0 Å². The van der Waals surface area contributed by atoms with Crippen LogP contribution in [0.15, 0.2) is 18.3 Å². The fourth-order valence-corrected chi connectivity index (χ4v) is 1.68. The van der Waals surface area contributed by atoms with Gasteiger partial charge >= 0.3 is 0 Å². The zero-order valence-corrected chi connectivity index (χ0v) is 8.53. The van der Waals surface area contributed by atoms with Gasteiger partial charge in [-0.3, -0.25) is 4.98 Å². The summed E-state index contributed by atoms with van der Waals surface area (Å²) in [5.41, 5.74) is 1.21. The smallest absolute Gasteiger partial charge is 0.131 e. The van der Waals surface area contributed by atoms with Gasteiger partial charge in [0.1, 0.15) is 10.7 Å². The van der Waals surface area contributed by atoms with E-state index in [0.29, 0.717) is 26.2 Å². The van der Waals surface area contributed by atoms with Crippen LogP contribution in [0.25, 0.3) is 11.0 Å². The standard InChI is InChI=1S/C8H3Cl3N2/c9-4-1-6-8(12-3-4)5(10)2-7(11)13-6/h1-3H. The van der Waals surface area contributed by atoms with E-state index in [9.17, 15) is 0 Å². The van der Waals surface area contributed by atoms with Crippen molar-refractivity contribution in [2.24, 2.45) is 0 Å². The lowest BCUT2D eigenvalue weighted by atomic mass is 10.3. The average Bonchev–Trinajstić information content (AvgIpc) is 2.02. The minimum Gasteiger partial charge on any atom is -0.251 e. The fraction of sp³-hybridized carbons (Fsp3) is 0. The van der Waals surface area contributed by atoms with Crippen molar-refractivity contribution < 1.29 is 0 Å². The van der Waals surface area contributed by atoms with E-state index in [-0.39, 0.29) is 0 Å². The molecule has 0 radical (unpaired) electrons. The van der Waals surface area contributed by atoms with Crippen LogP contribution < -0.4 is 0 Å². The quantitative estimate of drug-likeness (QED) is 0.650. The summed E-state index contributed by atoms with van der Waals surface area (Å²) in [6, 6.07) is 3.22. The monoisotopic (exact) mass is 232 g/mol. The number of hydrogen-bond acceptors (Lipinski definition) is 2. The van der Waals surface area contributed by atoms with Gasteiger partial charge in [-0.25, -0.2) is 4.98 Å². The van der Waals surface area contributed by atoms with E-state index in [4.69, 9.17) is 34.8 Å². The molecule has 0 amide bonds. The first-order valence-corrected chi connectivity index (χ1v) is 4.57. The summed E-state index contributed by atoms with van der Waals surface area (Å²) in [5.74, 6) is 0. The summed E-state index contributed by atoms with van der Waals surface area (Å²) < 4.78 is 0.